The molecule has 3 aliphatic carbocycles. The van der Waals surface area contributed by atoms with Crippen LogP contribution in [0.15, 0.2) is 64.3 Å². The van der Waals surface area contributed by atoms with Crippen LogP contribution in [0.2, 0.25) is 0 Å². The van der Waals surface area contributed by atoms with E-state index < -0.39 is 113 Å². The van der Waals surface area contributed by atoms with E-state index in [1.165, 1.54) is 44.4 Å². The van der Waals surface area contributed by atoms with E-state index in [0.717, 1.165) is 52.4 Å². The molecule has 1 aliphatic heterocycles. The Hall–Kier alpha value is -4.90. The number of carbonyl (C=O) groups is 6. The number of ketones is 1. The van der Waals surface area contributed by atoms with Crippen molar-refractivity contribution in [2.24, 2.45) is 16.7 Å². The van der Waals surface area contributed by atoms with Crippen molar-refractivity contribution in [3.05, 3.63) is 71.2 Å². The zero-order valence-electron chi connectivity index (χ0n) is 37.8. The predicted octanol–water partition coefficient (Wildman–Crippen LogP) is 5.16. The molecule has 350 valence electrons. The number of fused-ring (bicyclic) bond motifs is 5. The molecule has 2 saturated carbocycles. The van der Waals surface area contributed by atoms with E-state index in [0.29, 0.717) is 6.42 Å². The fraction of sp³-hybridized carbons (Fsp3) is 0.625. The van der Waals surface area contributed by atoms with Crippen LogP contribution < -0.4 is 5.32 Å². The van der Waals surface area contributed by atoms with Crippen LogP contribution in [0.25, 0.3) is 0 Å². The molecule has 0 radical (unpaired) electrons. The molecule has 64 heavy (non-hydrogen) atoms. The van der Waals surface area contributed by atoms with Crippen LogP contribution >= 0.6 is 0 Å². The van der Waals surface area contributed by atoms with Gasteiger partial charge in [0.25, 0.3) is 0 Å². The summed E-state index contributed by atoms with van der Waals surface area (Å²) in [6, 6.07) is 9.49. The van der Waals surface area contributed by atoms with Gasteiger partial charge in [0.2, 0.25) is 5.91 Å². The molecule has 1 saturated heterocycles. The van der Waals surface area contributed by atoms with E-state index in [-0.39, 0.29) is 41.9 Å². The van der Waals surface area contributed by atoms with Gasteiger partial charge in [0, 0.05) is 38.5 Å². The number of amides is 1. The van der Waals surface area contributed by atoms with E-state index in [2.05, 4.69) is 12.2 Å². The van der Waals surface area contributed by atoms with E-state index in [1.807, 2.05) is 0 Å². The maximum Gasteiger partial charge on any atom is 0.338 e. The minimum Gasteiger partial charge on any atom is -0.467 e. The summed E-state index contributed by atoms with van der Waals surface area (Å²) < 4.78 is 35.8. The summed E-state index contributed by atoms with van der Waals surface area (Å²) in [6.45, 7) is 10.1. The average molecular weight is 894 g/mol. The molecule has 16 nitrogen and oxygen atoms in total. The van der Waals surface area contributed by atoms with Crippen LogP contribution in [0.1, 0.15) is 135 Å². The molecule has 2 aromatic rings. The summed E-state index contributed by atoms with van der Waals surface area (Å²) in [6.07, 6.45) is -2.20. The Kier molecular flexibility index (Phi) is 14.6. The highest BCUT2D eigenvalue weighted by molar-refractivity contribution is 5.95. The van der Waals surface area contributed by atoms with Gasteiger partial charge in [-0.1, -0.05) is 77.5 Å². The van der Waals surface area contributed by atoms with E-state index in [1.54, 1.807) is 32.0 Å². The van der Waals surface area contributed by atoms with Gasteiger partial charge in [0.1, 0.15) is 35.7 Å². The third kappa shape index (κ3) is 8.90. The van der Waals surface area contributed by atoms with Gasteiger partial charge >= 0.3 is 23.9 Å². The summed E-state index contributed by atoms with van der Waals surface area (Å²) >= 11 is 0. The lowest BCUT2D eigenvalue weighted by atomic mass is 9.44. The van der Waals surface area contributed by atoms with E-state index >= 15 is 4.79 Å². The number of aliphatic hydroxyl groups excluding tert-OH is 2. The topological polar surface area (TPSA) is 234 Å². The summed E-state index contributed by atoms with van der Waals surface area (Å²) in [5.41, 5.74) is -7.61. The van der Waals surface area contributed by atoms with Crippen molar-refractivity contribution >= 4 is 35.6 Å². The molecule has 2 bridgehead atoms. The number of aliphatic hydroxyl groups is 3. The second-order valence-corrected chi connectivity index (χ2v) is 18.6. The first-order chi connectivity index (χ1) is 30.2. The minimum atomic E-state index is -2.39. The minimum absolute atomic E-state index is 0.000440. The SMILES string of the molecule is CCCCCCCCCC(=O)N[C@@H](c1ccco1)[C@@H](O)C(=O)O[C@H]1C[C@@]2(O)[C@@H](OC(=O)c3ccccc3)[C@@H]3[C@]4(OC(C)=O)CO[C@@H]4C[C@H](O)[C@@]3(C)C(=O)[C@H](OC(C)=O)C(=C1C)C2(C)C. The molecule has 4 N–H and O–H groups in total. The third-order valence-electron chi connectivity index (χ3n) is 14.2. The van der Waals surface area contributed by atoms with Gasteiger partial charge in [0.15, 0.2) is 23.6 Å². The van der Waals surface area contributed by atoms with Crippen LogP contribution in [0.4, 0.5) is 0 Å². The smallest absolute Gasteiger partial charge is 0.338 e. The van der Waals surface area contributed by atoms with Crippen LogP contribution in [-0.2, 0) is 47.7 Å². The third-order valence-corrected chi connectivity index (χ3v) is 14.2. The molecule has 16 heteroatoms. The maximum absolute atomic E-state index is 15.5. The van der Waals surface area contributed by atoms with Crippen LogP contribution in [0, 0.1) is 16.7 Å². The lowest BCUT2D eigenvalue weighted by Crippen LogP contribution is -2.82. The first-order valence-electron chi connectivity index (χ1n) is 22.4. The molecule has 11 atom stereocenters. The lowest BCUT2D eigenvalue weighted by Gasteiger charge is -2.67. The van der Waals surface area contributed by atoms with Gasteiger partial charge < -0.3 is 48.7 Å². The molecule has 6 rings (SSSR count). The Morgan fingerprint density at radius 1 is 0.906 bits per heavy atom. The highest BCUT2D eigenvalue weighted by Gasteiger charge is 2.78. The van der Waals surface area contributed by atoms with E-state index in [4.69, 9.17) is 28.1 Å². The quantitative estimate of drug-likeness (QED) is 0.0696. The van der Waals surface area contributed by atoms with Gasteiger partial charge in [-0.25, -0.2) is 9.59 Å². The normalized spacial score (nSPS) is 31.4. The number of Topliss-reactive ketones (excluding diaryl/α,β-unsaturated/α-hetero) is 1. The Bertz CT molecular complexity index is 2080. The van der Waals surface area contributed by atoms with Crippen molar-refractivity contribution in [1.29, 1.82) is 0 Å². The standard InChI is InChI=1S/C48H63NO15/c1-8-9-10-11-12-13-17-22-35(53)49-37(31-21-18-23-59-31)38(54)44(57)62-32-25-48(58)42(63-43(56)30-19-15-14-16-20-30)40-46(7,33(52)24-34-47(40,26-60-34)64-29(4)51)41(55)39(61-28(3)50)36(27(32)2)45(48,5)6/h14-16,18-21,23,32-34,37-40,42,52,54,58H,8-13,17,22,24-26H2,1-7H3,(H,49,53)/t32-,33-,34+,37-,38+,39+,40-,42-,46+,47-,48+/m0/s1. The van der Waals surface area contributed by atoms with Gasteiger partial charge in [0.05, 0.1) is 35.9 Å². The van der Waals surface area contributed by atoms with Crippen molar-refractivity contribution in [3.63, 3.8) is 0 Å². The Morgan fingerprint density at radius 2 is 1.58 bits per heavy atom. The number of unbranched alkanes of at least 4 members (excludes halogenated alkanes) is 6. The summed E-state index contributed by atoms with van der Waals surface area (Å²) in [5.74, 6) is -6.60. The fourth-order valence-electron chi connectivity index (χ4n) is 10.6. The van der Waals surface area contributed by atoms with Crippen molar-refractivity contribution in [2.45, 2.75) is 167 Å². The molecule has 3 fully saturated rings. The number of ether oxygens (including phenoxy) is 5. The Labute approximate surface area is 373 Å². The Morgan fingerprint density at radius 3 is 2.17 bits per heavy atom. The number of hydrogen-bond donors (Lipinski definition) is 4. The number of furan rings is 1. The summed E-state index contributed by atoms with van der Waals surface area (Å²) in [7, 11) is 0. The molecule has 2 heterocycles. The predicted molar refractivity (Wildman–Crippen MR) is 227 cm³/mol. The van der Waals surface area contributed by atoms with Crippen molar-refractivity contribution in [3.8, 4) is 0 Å². The first kappa shape index (κ1) is 48.6. The number of benzene rings is 1. The van der Waals surface area contributed by atoms with E-state index in [9.17, 15) is 39.3 Å². The van der Waals surface area contributed by atoms with Crippen LogP contribution in [0.3, 0.4) is 0 Å². The molecule has 0 unspecified atom stereocenters. The molecule has 0 spiro atoms. The highest BCUT2D eigenvalue weighted by atomic mass is 16.6. The molecular weight excluding hydrogens is 831 g/mol. The maximum atomic E-state index is 15.5. The number of esters is 4. The second-order valence-electron chi connectivity index (χ2n) is 18.6. The van der Waals surface area contributed by atoms with Gasteiger partial charge in [-0.3, -0.25) is 19.2 Å². The summed E-state index contributed by atoms with van der Waals surface area (Å²) in [4.78, 5) is 83.2. The molecule has 1 aromatic heterocycles. The van der Waals surface area contributed by atoms with Crippen molar-refractivity contribution < 1.29 is 72.2 Å². The molecular formula is C48H63NO15. The average Bonchev–Trinajstić information content (AvgIpc) is 3.78. The van der Waals surface area contributed by atoms with Crippen molar-refractivity contribution in [2.75, 3.05) is 6.61 Å². The largest absolute Gasteiger partial charge is 0.467 e. The Balaban J connectivity index is 1.43. The number of rotatable bonds is 17. The molecule has 1 amide bonds. The lowest BCUT2D eigenvalue weighted by molar-refractivity contribution is -0.346. The molecule has 1 aromatic carbocycles. The number of nitrogens with one attached hydrogen (secondary N) is 1. The second kappa shape index (κ2) is 19.3. The van der Waals surface area contributed by atoms with Gasteiger partial charge in [-0.05, 0) is 55.7 Å². The molecule has 4 aliphatic rings. The first-order valence-corrected chi connectivity index (χ1v) is 22.4. The summed E-state index contributed by atoms with van der Waals surface area (Å²) in [5, 5.41) is 40.1. The van der Waals surface area contributed by atoms with Crippen LogP contribution in [0.5, 0.6) is 0 Å². The fourth-order valence-corrected chi connectivity index (χ4v) is 10.6. The van der Waals surface area contributed by atoms with Crippen LogP contribution in [-0.4, -0.2) is 105 Å². The van der Waals surface area contributed by atoms with Crippen molar-refractivity contribution in [1.82, 2.24) is 5.32 Å². The zero-order valence-corrected chi connectivity index (χ0v) is 37.8. The monoisotopic (exact) mass is 893 g/mol. The van der Waals surface area contributed by atoms with Gasteiger partial charge in [-0.2, -0.15) is 0 Å². The zero-order chi connectivity index (χ0) is 46.8. The number of hydrogen-bond acceptors (Lipinski definition) is 15. The number of carbonyl (C=O) groups excluding carboxylic acids is 6. The highest BCUT2D eigenvalue weighted by Crippen LogP contribution is 2.64. The van der Waals surface area contributed by atoms with Gasteiger partial charge in [-0.15, -0.1) is 0 Å².